The number of aromatic amines is 4. The van der Waals surface area contributed by atoms with Crippen LogP contribution in [-0.2, 0) is 40.5 Å². The van der Waals surface area contributed by atoms with Crippen molar-refractivity contribution in [1.29, 1.82) is 0 Å². The fourth-order valence-electron chi connectivity index (χ4n) is 7.72. The van der Waals surface area contributed by atoms with Gasteiger partial charge >= 0.3 is 23.9 Å². The third kappa shape index (κ3) is 8.99. The molecular weight excluding hydrogens is 1020 g/mol. The minimum absolute atomic E-state index is 0. The molecule has 4 aromatic heterocycles. The number of fused-ring (bicyclic) bond motifs is 8. The standard InChI is InChI=1S/C44H32N4O12S4.Sn/c49-61(50,51)29-9-1-25(2-10-29)41-33-17-19-35(45-33)42(26-3-11-30(12-4-26)62(52,53)54)37-21-23-39(47-37)44(28-7-15-32(16-8-28)64(58,59)60)40-24-22-38(48-40)43(36-20-18-34(41)46-36)27-5-13-31(14-6-27)63(55,56)57;/h1-24,45-48H,(H,49,50,51)(H,52,53,54)(H,55,56,57)(H,58,59,60);/q;+4/p-4. The summed E-state index contributed by atoms with van der Waals surface area (Å²) in [6.07, 6.45) is 0. The zero-order chi connectivity index (χ0) is 45.3. The minimum Gasteiger partial charge on any atom is -0.744 e. The van der Waals surface area contributed by atoms with E-state index in [1.165, 1.54) is 97.1 Å². The smallest absolute Gasteiger partial charge is 0.744 e. The molecule has 324 valence electrons. The van der Waals surface area contributed by atoms with E-state index in [4.69, 9.17) is 0 Å². The van der Waals surface area contributed by atoms with Crippen molar-refractivity contribution in [1.82, 2.24) is 19.9 Å². The molecule has 0 aliphatic carbocycles. The van der Waals surface area contributed by atoms with Crippen molar-refractivity contribution in [2.24, 2.45) is 0 Å². The van der Waals surface area contributed by atoms with Crippen molar-refractivity contribution < 1.29 is 51.9 Å². The topological polar surface area (TPSA) is 292 Å². The van der Waals surface area contributed by atoms with Gasteiger partial charge in [0.15, 0.2) is 0 Å². The first kappa shape index (κ1) is 45.5. The summed E-state index contributed by atoms with van der Waals surface area (Å²) in [5, 5.41) is 1.97. The average Bonchev–Trinajstić information content (AvgIpc) is 4.08. The van der Waals surface area contributed by atoms with Crippen molar-refractivity contribution in [3.8, 4) is 0 Å². The van der Waals surface area contributed by atoms with Gasteiger partial charge in [-0.15, -0.1) is 0 Å². The van der Waals surface area contributed by atoms with Gasteiger partial charge in [-0.1, -0.05) is 48.5 Å². The first-order chi connectivity index (χ1) is 30.2. The van der Waals surface area contributed by atoms with E-state index >= 15 is 0 Å². The fourth-order valence-corrected chi connectivity index (χ4v) is 9.60. The van der Waals surface area contributed by atoms with Crippen LogP contribution in [0.15, 0.2) is 165 Å². The number of H-pyrrole nitrogens is 4. The summed E-state index contributed by atoms with van der Waals surface area (Å²) in [6, 6.07) is 35.4. The summed E-state index contributed by atoms with van der Waals surface area (Å²) in [7, 11) is -19.2. The minimum atomic E-state index is -4.80. The Bertz CT molecular complexity index is 3410. The Hall–Kier alpha value is -6.08. The van der Waals surface area contributed by atoms with Gasteiger partial charge in [-0.2, -0.15) is 0 Å². The van der Waals surface area contributed by atoms with E-state index in [0.29, 0.717) is 88.7 Å². The quantitative estimate of drug-likeness (QED) is 0.125. The number of benzene rings is 4. The van der Waals surface area contributed by atoms with Crippen LogP contribution in [0.2, 0.25) is 0 Å². The van der Waals surface area contributed by atoms with E-state index in [1.54, 1.807) is 48.5 Å². The molecule has 8 bridgehead atoms. The maximum absolute atomic E-state index is 11.9. The number of nitrogens with one attached hydrogen (secondary N) is 4. The molecule has 0 unspecified atom stereocenters. The van der Waals surface area contributed by atoms with Gasteiger partial charge in [0.1, 0.15) is 40.5 Å². The summed E-state index contributed by atoms with van der Waals surface area (Å²) in [6.45, 7) is 0. The Morgan fingerprint density at radius 1 is 0.262 bits per heavy atom. The van der Waals surface area contributed by atoms with E-state index in [0.717, 1.165) is 0 Å². The Kier molecular flexibility index (Phi) is 11.7. The van der Waals surface area contributed by atoms with Gasteiger partial charge in [0.2, 0.25) is 0 Å². The van der Waals surface area contributed by atoms with Crippen LogP contribution >= 0.6 is 0 Å². The molecule has 1 aliphatic rings. The first-order valence-electron chi connectivity index (χ1n) is 18.7. The summed E-state index contributed by atoms with van der Waals surface area (Å²) in [5.41, 5.74) is 5.93. The largest absolute Gasteiger partial charge is 4.00 e. The maximum atomic E-state index is 11.9. The van der Waals surface area contributed by atoms with E-state index in [2.05, 4.69) is 19.9 Å². The van der Waals surface area contributed by atoms with Gasteiger partial charge in [-0.05, 0) is 119 Å². The number of hydrogen-bond acceptors (Lipinski definition) is 12. The van der Waals surface area contributed by atoms with Crippen LogP contribution < -0.4 is 21.4 Å². The molecule has 16 nitrogen and oxygen atoms in total. The molecule has 65 heavy (non-hydrogen) atoms. The van der Waals surface area contributed by atoms with Crippen molar-refractivity contribution in [2.45, 2.75) is 19.6 Å². The molecule has 21 heteroatoms. The molecule has 0 radical (unpaired) electrons. The van der Waals surface area contributed by atoms with Crippen LogP contribution in [0, 0.1) is 0 Å². The van der Waals surface area contributed by atoms with E-state index in [9.17, 15) is 51.9 Å². The van der Waals surface area contributed by atoms with Gasteiger partial charge < -0.3 is 38.1 Å². The number of aromatic nitrogens is 4. The molecule has 0 atom stereocenters. The van der Waals surface area contributed by atoms with Crippen molar-refractivity contribution in [2.75, 3.05) is 0 Å². The van der Waals surface area contributed by atoms with Gasteiger partial charge in [0.25, 0.3) is 0 Å². The summed E-state index contributed by atoms with van der Waals surface area (Å²) in [5.74, 6) is 0. The molecule has 0 amide bonds. The summed E-state index contributed by atoms with van der Waals surface area (Å²) < 4.78 is 143. The van der Waals surface area contributed by atoms with E-state index in [1.807, 2.05) is 0 Å². The molecule has 0 saturated carbocycles. The SMILES string of the molecule is O=S(=O)([O-])c1ccc(C2=c3ccc([nH]3)=C(c3ccc(S(=O)(=O)[O-])cc3)c3ccc([nH]3)C(c3ccc(S(=O)(=O)[O-])cc3)=c3ccc([nH]3)=C(c3ccc(S(=O)(=O)[O-])cc3)c3ccc2[nH]3)cc1.[Sn+4]. The average molecular weight is 1050 g/mol. The molecule has 9 rings (SSSR count). The molecule has 0 saturated heterocycles. The van der Waals surface area contributed by atoms with Gasteiger partial charge in [-0.25, -0.2) is 33.7 Å². The third-order valence-corrected chi connectivity index (χ3v) is 14.0. The zero-order valence-electron chi connectivity index (χ0n) is 32.9. The molecule has 8 aromatic rings. The Labute approximate surface area is 387 Å². The van der Waals surface area contributed by atoms with Crippen LogP contribution in [0.5, 0.6) is 0 Å². The van der Waals surface area contributed by atoms with Crippen LogP contribution in [0.25, 0.3) is 22.3 Å². The Balaban J connectivity index is 0.00000576. The van der Waals surface area contributed by atoms with Crippen LogP contribution in [0.4, 0.5) is 0 Å². The second-order valence-electron chi connectivity index (χ2n) is 14.6. The molecule has 4 N–H and O–H groups in total. The number of rotatable bonds is 8. The summed E-state index contributed by atoms with van der Waals surface area (Å²) >= 11 is 0. The first-order valence-corrected chi connectivity index (χ1v) is 24.4. The van der Waals surface area contributed by atoms with Crippen LogP contribution in [-0.4, -0.2) is 95.7 Å². The van der Waals surface area contributed by atoms with Gasteiger partial charge in [-0.3, -0.25) is 0 Å². The molecule has 0 fully saturated rings. The van der Waals surface area contributed by atoms with E-state index < -0.39 is 60.1 Å². The molecule has 1 aliphatic heterocycles. The Morgan fingerprint density at radius 2 is 0.446 bits per heavy atom. The third-order valence-electron chi connectivity index (χ3n) is 10.6. The van der Waals surface area contributed by atoms with Gasteiger partial charge in [0, 0.05) is 66.5 Å². The van der Waals surface area contributed by atoms with E-state index in [-0.39, 0.29) is 23.9 Å². The molecule has 4 aromatic carbocycles. The second kappa shape index (κ2) is 16.7. The fraction of sp³-hybridized carbons (Fsp3) is 0. The second-order valence-corrected chi connectivity index (χ2v) is 20.1. The predicted molar refractivity (Wildman–Crippen MR) is 231 cm³/mol. The van der Waals surface area contributed by atoms with Crippen molar-refractivity contribution in [3.05, 3.63) is 212 Å². The van der Waals surface area contributed by atoms with Crippen molar-refractivity contribution in [3.63, 3.8) is 0 Å². The molecule has 5 heterocycles. The van der Waals surface area contributed by atoms with Gasteiger partial charge in [0.05, 0.1) is 19.6 Å². The maximum Gasteiger partial charge on any atom is 4.00 e. The zero-order valence-corrected chi connectivity index (χ0v) is 39.0. The van der Waals surface area contributed by atoms with Crippen LogP contribution in [0.3, 0.4) is 0 Å². The monoisotopic (exact) mass is 1050 g/mol. The Morgan fingerprint density at radius 3 is 0.615 bits per heavy atom. The summed E-state index contributed by atoms with van der Waals surface area (Å²) in [4.78, 5) is 12.0. The normalized spacial score (nSPS) is 13.5. The van der Waals surface area contributed by atoms with Crippen LogP contribution in [0.1, 0.15) is 45.0 Å². The molecular formula is C44H28N4O12S4Sn. The molecule has 0 spiro atoms. The number of hydrogen-bond donors (Lipinski definition) is 4. The van der Waals surface area contributed by atoms with Crippen molar-refractivity contribution >= 4 is 86.7 Å². The predicted octanol–water partition coefficient (Wildman–Crippen LogP) is 1.54.